The average molecular weight is 465 g/mol. The zero-order valence-corrected chi connectivity index (χ0v) is 18.8. The first-order valence-electron chi connectivity index (χ1n) is 10.7. The molecule has 6 heteroatoms. The minimum atomic E-state index is -1.52. The Hall–Kier alpha value is -4.29. The molecule has 1 aliphatic heterocycles. The van der Waals surface area contributed by atoms with Crippen molar-refractivity contribution < 1.29 is 13.8 Å². The van der Waals surface area contributed by atoms with Gasteiger partial charge in [-0.1, -0.05) is 66.7 Å². The van der Waals surface area contributed by atoms with E-state index in [0.717, 1.165) is 16.7 Å². The molecule has 1 unspecified atom stereocenters. The van der Waals surface area contributed by atoms with Crippen molar-refractivity contribution in [2.75, 3.05) is 10.6 Å². The smallest absolute Gasteiger partial charge is 0.265 e. The number of hydrogen-bond acceptors (Lipinski definition) is 3. The van der Waals surface area contributed by atoms with Gasteiger partial charge in [0.2, 0.25) is 0 Å². The van der Waals surface area contributed by atoms with Crippen molar-refractivity contribution in [3.63, 3.8) is 0 Å². The molecule has 34 heavy (non-hydrogen) atoms. The van der Waals surface area contributed by atoms with E-state index in [0.29, 0.717) is 21.8 Å². The Kier molecular flexibility index (Phi) is 5.89. The van der Waals surface area contributed by atoms with Crippen LogP contribution in [0.15, 0.2) is 113 Å². The number of fused-ring (bicyclic) bond motifs is 1. The number of carbonyl (C=O) groups excluding carboxylic acids is 2. The first-order chi connectivity index (χ1) is 16.6. The van der Waals surface area contributed by atoms with Crippen LogP contribution in [0.25, 0.3) is 17.2 Å². The monoisotopic (exact) mass is 464 g/mol. The summed E-state index contributed by atoms with van der Waals surface area (Å²) in [5.74, 6) is -0.687. The van der Waals surface area contributed by atoms with Crippen molar-refractivity contribution in [2.24, 2.45) is 0 Å². The zero-order valence-electron chi connectivity index (χ0n) is 18.0. The van der Waals surface area contributed by atoms with Gasteiger partial charge in [-0.15, -0.1) is 0 Å². The summed E-state index contributed by atoms with van der Waals surface area (Å²) in [7, 11) is -1.52. The molecule has 1 heterocycles. The Bertz CT molecular complexity index is 1440. The van der Waals surface area contributed by atoms with E-state index in [2.05, 4.69) is 10.6 Å². The lowest BCUT2D eigenvalue weighted by atomic mass is 10.0. The fraction of sp³-hybridized carbons (Fsp3) is 0. The molecule has 1 atom stereocenters. The van der Waals surface area contributed by atoms with E-state index in [1.807, 2.05) is 54.6 Å². The normalized spacial score (nSPS) is 14.1. The molecular weight excluding hydrogens is 444 g/mol. The van der Waals surface area contributed by atoms with Crippen LogP contribution in [0, 0.1) is 0 Å². The first-order valence-corrected chi connectivity index (χ1v) is 11.8. The molecule has 4 aromatic carbocycles. The Morgan fingerprint density at radius 1 is 0.618 bits per heavy atom. The van der Waals surface area contributed by atoms with E-state index >= 15 is 0 Å². The maximum atomic E-state index is 12.7. The van der Waals surface area contributed by atoms with E-state index in [4.69, 9.17) is 0 Å². The van der Waals surface area contributed by atoms with E-state index in [1.165, 1.54) is 0 Å². The molecule has 1 aliphatic rings. The van der Waals surface area contributed by atoms with Crippen molar-refractivity contribution in [3.05, 3.63) is 119 Å². The van der Waals surface area contributed by atoms with Crippen LogP contribution in [0.4, 0.5) is 11.4 Å². The Morgan fingerprint density at radius 3 is 1.94 bits per heavy atom. The lowest BCUT2D eigenvalue weighted by molar-refractivity contribution is -0.112. The number of nitrogens with one attached hydrogen (secondary N) is 2. The fourth-order valence-electron chi connectivity index (χ4n) is 3.75. The van der Waals surface area contributed by atoms with E-state index in [1.54, 1.807) is 54.6 Å². The van der Waals surface area contributed by atoms with E-state index in [9.17, 15) is 13.8 Å². The lowest BCUT2D eigenvalue weighted by Gasteiger charge is -2.10. The maximum absolute atomic E-state index is 12.7. The highest BCUT2D eigenvalue weighted by Gasteiger charge is 2.26. The summed E-state index contributed by atoms with van der Waals surface area (Å²) in [4.78, 5) is 26.3. The molecule has 5 nitrogen and oxygen atoms in total. The largest absolute Gasteiger partial charge is 0.322 e. The van der Waals surface area contributed by atoms with E-state index in [-0.39, 0.29) is 10.8 Å². The fourth-order valence-corrected chi connectivity index (χ4v) is 4.98. The van der Waals surface area contributed by atoms with Crippen LogP contribution in [0.1, 0.15) is 15.9 Å². The van der Waals surface area contributed by atoms with Gasteiger partial charge in [-0.25, -0.2) is 4.21 Å². The standard InChI is InChI=1S/C28H20N2O3S/c31-27(21-15-13-20(14-16-21)19-7-2-1-3-8-19)29-23-10-6-11-24(18-23)30-28(32)26-17-22-9-4-5-12-25(22)34(26)33/h1-18H,(H,29,31)(H,30,32). The third-order valence-electron chi connectivity index (χ3n) is 5.46. The van der Waals surface area contributed by atoms with Gasteiger partial charge in [0.15, 0.2) is 0 Å². The molecule has 2 N–H and O–H groups in total. The van der Waals surface area contributed by atoms with Crippen molar-refractivity contribution in [2.45, 2.75) is 4.90 Å². The Balaban J connectivity index is 1.26. The topological polar surface area (TPSA) is 75.3 Å². The van der Waals surface area contributed by atoms with Crippen LogP contribution >= 0.6 is 0 Å². The van der Waals surface area contributed by atoms with Crippen LogP contribution in [0.3, 0.4) is 0 Å². The van der Waals surface area contributed by atoms with Crippen molar-refractivity contribution in [3.8, 4) is 11.1 Å². The summed E-state index contributed by atoms with van der Waals surface area (Å²) in [5.41, 5.74) is 4.46. The molecule has 0 bridgehead atoms. The van der Waals surface area contributed by atoms with Crippen LogP contribution in [0.2, 0.25) is 0 Å². The Morgan fingerprint density at radius 2 is 1.24 bits per heavy atom. The highest BCUT2D eigenvalue weighted by atomic mass is 32.2. The highest BCUT2D eigenvalue weighted by Crippen LogP contribution is 2.30. The van der Waals surface area contributed by atoms with Gasteiger partial charge < -0.3 is 10.6 Å². The van der Waals surface area contributed by atoms with Crippen molar-refractivity contribution in [1.82, 2.24) is 0 Å². The molecule has 0 saturated carbocycles. The molecule has 0 radical (unpaired) electrons. The molecular formula is C28H20N2O3S. The molecule has 4 aromatic rings. The number of carbonyl (C=O) groups is 2. The molecule has 5 rings (SSSR count). The van der Waals surface area contributed by atoms with Gasteiger partial charge in [0, 0.05) is 16.9 Å². The second-order valence-electron chi connectivity index (χ2n) is 7.75. The predicted molar refractivity (Wildman–Crippen MR) is 136 cm³/mol. The molecule has 2 amide bonds. The summed E-state index contributed by atoms with van der Waals surface area (Å²) < 4.78 is 12.6. The minimum absolute atomic E-state index is 0.203. The van der Waals surface area contributed by atoms with E-state index < -0.39 is 16.7 Å². The van der Waals surface area contributed by atoms with Crippen molar-refractivity contribution in [1.29, 1.82) is 0 Å². The van der Waals surface area contributed by atoms with Crippen molar-refractivity contribution >= 4 is 40.1 Å². The summed E-state index contributed by atoms with van der Waals surface area (Å²) >= 11 is 0. The molecule has 0 fully saturated rings. The quantitative estimate of drug-likeness (QED) is 0.397. The minimum Gasteiger partial charge on any atom is -0.322 e. The van der Waals surface area contributed by atoms with Gasteiger partial charge >= 0.3 is 0 Å². The van der Waals surface area contributed by atoms with Crippen LogP contribution in [-0.2, 0) is 15.6 Å². The summed E-state index contributed by atoms with van der Waals surface area (Å²) in [6.45, 7) is 0. The third-order valence-corrected chi connectivity index (χ3v) is 6.94. The molecule has 166 valence electrons. The number of benzene rings is 4. The van der Waals surface area contributed by atoms with Gasteiger partial charge in [0.25, 0.3) is 11.8 Å². The molecule has 0 spiro atoms. The first kappa shape index (κ1) is 21.6. The second kappa shape index (κ2) is 9.29. The molecule has 0 aromatic heterocycles. The number of hydrogen-bond donors (Lipinski definition) is 2. The summed E-state index contributed by atoms with van der Waals surface area (Å²) in [6, 6.07) is 31.4. The lowest BCUT2D eigenvalue weighted by Crippen LogP contribution is -2.16. The maximum Gasteiger partial charge on any atom is 0.265 e. The Labute approximate surface area is 199 Å². The zero-order chi connectivity index (χ0) is 23.5. The average Bonchev–Trinajstić information content (AvgIpc) is 3.21. The molecule has 0 aliphatic carbocycles. The summed E-state index contributed by atoms with van der Waals surface area (Å²) in [5, 5.41) is 5.64. The van der Waals surface area contributed by atoms with Gasteiger partial charge in [-0.2, -0.15) is 0 Å². The summed E-state index contributed by atoms with van der Waals surface area (Å²) in [6.07, 6.45) is 1.64. The highest BCUT2D eigenvalue weighted by molar-refractivity contribution is 7.90. The van der Waals surface area contributed by atoms with Gasteiger partial charge in [0.1, 0.15) is 4.91 Å². The van der Waals surface area contributed by atoms with Crippen LogP contribution < -0.4 is 10.6 Å². The SMILES string of the molecule is O=C(Nc1cccc(NC(=O)c2ccc(-c3ccccc3)cc2)c1)C1=Cc2ccccc2S1=O. The van der Waals surface area contributed by atoms with Crippen LogP contribution in [0.5, 0.6) is 0 Å². The van der Waals surface area contributed by atoms with Crippen LogP contribution in [-0.4, -0.2) is 16.0 Å². The third kappa shape index (κ3) is 4.44. The van der Waals surface area contributed by atoms with Gasteiger partial charge in [-0.3, -0.25) is 9.59 Å². The second-order valence-corrected chi connectivity index (χ2v) is 9.16. The number of anilines is 2. The van der Waals surface area contributed by atoms with Gasteiger partial charge in [0.05, 0.1) is 15.7 Å². The molecule has 0 saturated heterocycles. The number of rotatable bonds is 5. The number of amides is 2. The predicted octanol–water partition coefficient (Wildman–Crippen LogP) is 5.71. The van der Waals surface area contributed by atoms with Gasteiger partial charge in [-0.05, 0) is 59.2 Å².